The molecule has 0 aliphatic rings. The van der Waals surface area contributed by atoms with E-state index < -0.39 is 23.5 Å². The van der Waals surface area contributed by atoms with E-state index in [0.717, 1.165) is 0 Å². The normalized spacial score (nSPS) is 9.67. The minimum absolute atomic E-state index is 0.101. The highest BCUT2D eigenvalue weighted by Gasteiger charge is 2.13. The van der Waals surface area contributed by atoms with Crippen LogP contribution in [0.3, 0.4) is 0 Å². The molecule has 0 spiro atoms. The van der Waals surface area contributed by atoms with Crippen molar-refractivity contribution in [3.05, 3.63) is 0 Å². The Morgan fingerprint density at radius 3 is 1.33 bits per heavy atom. The molecule has 0 heterocycles. The van der Waals surface area contributed by atoms with Gasteiger partial charge in [0.2, 0.25) is 11.6 Å². The first-order valence-corrected chi connectivity index (χ1v) is 5.92. The lowest BCUT2D eigenvalue weighted by Gasteiger charge is -2.04. The van der Waals surface area contributed by atoms with Gasteiger partial charge in [0.25, 0.3) is 0 Å². The molecule has 0 unspecified atom stereocenters. The number of unbranched alkanes of at least 4 members (excludes halogenated alkanes) is 1. The van der Waals surface area contributed by atoms with Crippen LogP contribution in [0.15, 0.2) is 0 Å². The summed E-state index contributed by atoms with van der Waals surface area (Å²) in [7, 11) is 0. The molecule has 0 aliphatic carbocycles. The summed E-state index contributed by atoms with van der Waals surface area (Å²) >= 11 is 0. The quantitative estimate of drug-likeness (QED) is 0.345. The molecule has 0 bridgehead atoms. The van der Waals surface area contributed by atoms with Crippen molar-refractivity contribution >= 4 is 23.5 Å². The van der Waals surface area contributed by atoms with Gasteiger partial charge >= 0.3 is 11.9 Å². The Balaban J connectivity index is 3.52. The van der Waals surface area contributed by atoms with Gasteiger partial charge in [0, 0.05) is 12.8 Å². The number of ketones is 2. The third kappa shape index (κ3) is 6.78. The first kappa shape index (κ1) is 16.3. The maximum atomic E-state index is 10.9. The van der Waals surface area contributed by atoms with E-state index in [0.29, 0.717) is 12.8 Å². The van der Waals surface area contributed by atoms with Crippen LogP contribution in [-0.4, -0.2) is 36.7 Å². The highest BCUT2D eigenvalue weighted by Crippen LogP contribution is 1.95. The lowest BCUT2D eigenvalue weighted by Crippen LogP contribution is -2.18. The molecule has 0 saturated carbocycles. The largest absolute Gasteiger partial charge is 0.460 e. The average molecular weight is 258 g/mol. The van der Waals surface area contributed by atoms with Crippen molar-refractivity contribution in [2.75, 3.05) is 13.2 Å². The number of carbonyl (C=O) groups excluding carboxylic acids is 4. The third-order valence-electron chi connectivity index (χ3n) is 2.10. The van der Waals surface area contributed by atoms with Gasteiger partial charge < -0.3 is 9.47 Å². The van der Waals surface area contributed by atoms with Crippen molar-refractivity contribution in [3.8, 4) is 0 Å². The molecule has 0 aromatic heterocycles. The highest BCUT2D eigenvalue weighted by atomic mass is 16.5. The van der Waals surface area contributed by atoms with Gasteiger partial charge in [-0.05, 0) is 12.8 Å². The Labute approximate surface area is 106 Å². The van der Waals surface area contributed by atoms with Crippen molar-refractivity contribution in [1.82, 2.24) is 0 Å². The number of rotatable bonds is 9. The van der Waals surface area contributed by atoms with E-state index in [9.17, 15) is 19.2 Å². The summed E-state index contributed by atoms with van der Waals surface area (Å²) in [6, 6.07) is 0. The molecular weight excluding hydrogens is 240 g/mol. The van der Waals surface area contributed by atoms with Crippen LogP contribution in [0.1, 0.15) is 39.5 Å². The predicted octanol–water partition coefficient (Wildman–Crippen LogP) is 0.811. The van der Waals surface area contributed by atoms with Gasteiger partial charge in [0.15, 0.2) is 0 Å². The SMILES string of the molecule is CCC(=O)C(=O)OCCCCOC(=O)C(=O)CC. The summed E-state index contributed by atoms with van der Waals surface area (Å²) in [5.41, 5.74) is 0. The summed E-state index contributed by atoms with van der Waals surface area (Å²) in [5.74, 6) is -2.80. The van der Waals surface area contributed by atoms with Crippen molar-refractivity contribution in [2.24, 2.45) is 0 Å². The molecule has 0 N–H and O–H groups in total. The Morgan fingerprint density at radius 2 is 1.06 bits per heavy atom. The van der Waals surface area contributed by atoms with Crippen LogP contribution in [0.25, 0.3) is 0 Å². The topological polar surface area (TPSA) is 86.7 Å². The first-order chi connectivity index (χ1) is 8.52. The van der Waals surface area contributed by atoms with Gasteiger partial charge in [-0.15, -0.1) is 0 Å². The fraction of sp³-hybridized carbons (Fsp3) is 0.667. The molecule has 0 aromatic rings. The van der Waals surface area contributed by atoms with E-state index in [1.807, 2.05) is 0 Å². The van der Waals surface area contributed by atoms with Crippen molar-refractivity contribution in [3.63, 3.8) is 0 Å². The lowest BCUT2D eigenvalue weighted by molar-refractivity contribution is -0.155. The number of ether oxygens (including phenoxy) is 2. The second-order valence-corrected chi connectivity index (χ2v) is 3.53. The molecule has 102 valence electrons. The van der Waals surface area contributed by atoms with E-state index in [2.05, 4.69) is 9.47 Å². The Bertz CT molecular complexity index is 289. The van der Waals surface area contributed by atoms with E-state index >= 15 is 0 Å². The van der Waals surface area contributed by atoms with Crippen LogP contribution in [-0.2, 0) is 28.7 Å². The molecule has 0 rings (SSSR count). The minimum Gasteiger partial charge on any atom is -0.460 e. The molecule has 0 atom stereocenters. The molecule has 0 fully saturated rings. The first-order valence-electron chi connectivity index (χ1n) is 5.92. The van der Waals surface area contributed by atoms with Crippen LogP contribution < -0.4 is 0 Å². The summed E-state index contributed by atoms with van der Waals surface area (Å²) in [6.07, 6.45) is 1.18. The maximum Gasteiger partial charge on any atom is 0.374 e. The molecule has 0 saturated heterocycles. The van der Waals surface area contributed by atoms with Crippen LogP contribution in [0.5, 0.6) is 0 Å². The van der Waals surface area contributed by atoms with E-state index in [4.69, 9.17) is 0 Å². The van der Waals surface area contributed by atoms with E-state index in [1.165, 1.54) is 0 Å². The summed E-state index contributed by atoms with van der Waals surface area (Å²) in [6.45, 7) is 3.36. The lowest BCUT2D eigenvalue weighted by atomic mass is 10.3. The molecule has 0 aliphatic heterocycles. The summed E-state index contributed by atoms with van der Waals surface area (Å²) in [5, 5.41) is 0. The number of hydrogen-bond acceptors (Lipinski definition) is 6. The molecule has 18 heavy (non-hydrogen) atoms. The maximum absolute atomic E-state index is 10.9. The van der Waals surface area contributed by atoms with Gasteiger partial charge in [0.1, 0.15) is 0 Å². The standard InChI is InChI=1S/C12H18O6/c1-3-9(13)11(15)17-7-5-6-8-18-12(16)10(14)4-2/h3-8H2,1-2H3. The van der Waals surface area contributed by atoms with Crippen molar-refractivity contribution in [1.29, 1.82) is 0 Å². The number of Topliss-reactive ketones (excluding diaryl/α,β-unsaturated/α-hetero) is 2. The fourth-order valence-corrected chi connectivity index (χ4v) is 0.984. The molecule has 0 aromatic carbocycles. The second kappa shape index (κ2) is 9.32. The molecular formula is C12H18O6. The zero-order valence-corrected chi connectivity index (χ0v) is 10.7. The van der Waals surface area contributed by atoms with Gasteiger partial charge in [0.05, 0.1) is 13.2 Å². The van der Waals surface area contributed by atoms with E-state index in [1.54, 1.807) is 13.8 Å². The smallest absolute Gasteiger partial charge is 0.374 e. The Hall–Kier alpha value is -1.72. The van der Waals surface area contributed by atoms with Crippen LogP contribution in [0.2, 0.25) is 0 Å². The van der Waals surface area contributed by atoms with Gasteiger partial charge in [-0.1, -0.05) is 13.8 Å². The molecule has 0 amide bonds. The monoisotopic (exact) mass is 258 g/mol. The predicted molar refractivity (Wildman–Crippen MR) is 61.7 cm³/mol. The Morgan fingerprint density at radius 1 is 0.722 bits per heavy atom. The average Bonchev–Trinajstić information content (AvgIpc) is 2.39. The summed E-state index contributed by atoms with van der Waals surface area (Å²) in [4.78, 5) is 43.6. The van der Waals surface area contributed by atoms with E-state index in [-0.39, 0.29) is 26.1 Å². The summed E-state index contributed by atoms with van der Waals surface area (Å²) < 4.78 is 9.35. The zero-order valence-electron chi connectivity index (χ0n) is 10.7. The van der Waals surface area contributed by atoms with Crippen LogP contribution in [0.4, 0.5) is 0 Å². The highest BCUT2D eigenvalue weighted by molar-refractivity contribution is 6.33. The second-order valence-electron chi connectivity index (χ2n) is 3.53. The van der Waals surface area contributed by atoms with Gasteiger partial charge in [-0.25, -0.2) is 9.59 Å². The van der Waals surface area contributed by atoms with Crippen molar-refractivity contribution < 1.29 is 28.7 Å². The molecule has 6 nitrogen and oxygen atoms in total. The number of carbonyl (C=O) groups is 4. The third-order valence-corrected chi connectivity index (χ3v) is 2.10. The number of hydrogen-bond donors (Lipinski definition) is 0. The minimum atomic E-state index is -0.837. The zero-order chi connectivity index (χ0) is 14.0. The van der Waals surface area contributed by atoms with Crippen molar-refractivity contribution in [2.45, 2.75) is 39.5 Å². The van der Waals surface area contributed by atoms with Gasteiger partial charge in [-0.3, -0.25) is 9.59 Å². The van der Waals surface area contributed by atoms with Crippen LogP contribution >= 0.6 is 0 Å². The molecule has 6 heteroatoms. The van der Waals surface area contributed by atoms with Gasteiger partial charge in [-0.2, -0.15) is 0 Å². The number of esters is 2. The fourth-order valence-electron chi connectivity index (χ4n) is 0.984. The van der Waals surface area contributed by atoms with Crippen LogP contribution in [0, 0.1) is 0 Å². The molecule has 0 radical (unpaired) electrons. The Kier molecular flexibility index (Phi) is 8.43.